The van der Waals surface area contributed by atoms with E-state index in [1.165, 1.54) is 0 Å². The number of oxazole rings is 1. The van der Waals surface area contributed by atoms with Crippen LogP contribution in [-0.4, -0.2) is 22.3 Å². The molecule has 0 unspecified atom stereocenters. The molecule has 1 aliphatic heterocycles. The van der Waals surface area contributed by atoms with Crippen LogP contribution in [0.25, 0.3) is 11.1 Å². The van der Waals surface area contributed by atoms with E-state index in [1.807, 2.05) is 45.0 Å². The number of para-hydroxylation sites is 2. The summed E-state index contributed by atoms with van der Waals surface area (Å²) in [7, 11) is 0. The van der Waals surface area contributed by atoms with E-state index < -0.39 is 5.54 Å². The Balaban J connectivity index is 1.67. The van der Waals surface area contributed by atoms with Gasteiger partial charge in [-0.3, -0.25) is 10.1 Å². The fourth-order valence-corrected chi connectivity index (χ4v) is 4.00. The average molecular weight is 352 g/mol. The minimum Gasteiger partial charge on any atom is -0.423 e. The Kier molecular flexibility index (Phi) is 4.05. The number of benzene rings is 1. The molecule has 1 fully saturated rings. The topological polar surface area (TPSA) is 79.5 Å². The Morgan fingerprint density at radius 3 is 2.69 bits per heavy atom. The molecule has 2 N–H and O–H groups in total. The van der Waals surface area contributed by atoms with Crippen LogP contribution in [0.3, 0.4) is 0 Å². The van der Waals surface area contributed by atoms with Crippen LogP contribution in [0.2, 0.25) is 0 Å². The maximum atomic E-state index is 12.8. The van der Waals surface area contributed by atoms with Crippen LogP contribution in [0.5, 0.6) is 0 Å². The second-order valence-corrected chi connectivity index (χ2v) is 7.45. The van der Waals surface area contributed by atoms with Crippen LogP contribution in [0.1, 0.15) is 46.5 Å². The zero-order chi connectivity index (χ0) is 18.3. The smallest absolute Gasteiger partial charge is 0.302 e. The highest BCUT2D eigenvalue weighted by atomic mass is 16.4. The molecule has 1 aromatic carbocycles. The van der Waals surface area contributed by atoms with E-state index in [-0.39, 0.29) is 11.7 Å². The van der Waals surface area contributed by atoms with Crippen molar-refractivity contribution < 1.29 is 9.21 Å². The molecule has 136 valence electrons. The summed E-state index contributed by atoms with van der Waals surface area (Å²) >= 11 is 0. The van der Waals surface area contributed by atoms with E-state index in [4.69, 9.17) is 9.41 Å². The maximum absolute atomic E-state index is 12.8. The number of carbonyl (C=O) groups is 1. The lowest BCUT2D eigenvalue weighted by atomic mass is 9.80. The van der Waals surface area contributed by atoms with Gasteiger partial charge in [0.05, 0.1) is 5.54 Å². The summed E-state index contributed by atoms with van der Waals surface area (Å²) < 4.78 is 5.74. The first-order valence-corrected chi connectivity index (χ1v) is 9.23. The number of hydrogen-bond donors (Lipinski definition) is 2. The summed E-state index contributed by atoms with van der Waals surface area (Å²) in [6.45, 7) is 5.85. The number of fused-ring (bicyclic) bond motifs is 1. The minimum absolute atomic E-state index is 0.0408. The molecule has 6 nitrogen and oxygen atoms in total. The third-order valence-electron chi connectivity index (χ3n) is 5.19. The summed E-state index contributed by atoms with van der Waals surface area (Å²) in [5.41, 5.74) is 2.81. The fourth-order valence-electron chi connectivity index (χ4n) is 4.00. The molecule has 6 heteroatoms. The SMILES string of the molecule is CC1=C(C(=O)C(C)C)C2(CCCC2)N=C(Nc2nc3ccccc3o2)N1. The number of rotatable bonds is 3. The molecule has 2 heterocycles. The lowest BCUT2D eigenvalue weighted by Crippen LogP contribution is -2.45. The molecular formula is C20H24N4O2. The molecule has 0 bridgehead atoms. The van der Waals surface area contributed by atoms with Crippen LogP contribution in [0.4, 0.5) is 6.01 Å². The Morgan fingerprint density at radius 2 is 2.00 bits per heavy atom. The number of Topliss-reactive ketones (excluding diaryl/α,β-unsaturated/α-hetero) is 1. The molecule has 0 atom stereocenters. The predicted octanol–water partition coefficient (Wildman–Crippen LogP) is 4.01. The van der Waals surface area contributed by atoms with Gasteiger partial charge in [-0.25, -0.2) is 4.99 Å². The summed E-state index contributed by atoms with van der Waals surface area (Å²) in [6.07, 6.45) is 3.97. The van der Waals surface area contributed by atoms with E-state index in [2.05, 4.69) is 15.6 Å². The number of ketones is 1. The zero-order valence-electron chi connectivity index (χ0n) is 15.4. The maximum Gasteiger partial charge on any atom is 0.302 e. The second-order valence-electron chi connectivity index (χ2n) is 7.45. The standard InChI is InChI=1S/C20H24N4O2/c1-12(2)17(25)16-13(3)21-18(24-20(16)10-6-7-11-20)23-19-22-14-8-4-5-9-15(14)26-19/h4-5,8-9,12H,6-7,10-11H2,1-3H3,(H2,21,22,23,24). The Labute approximate surface area is 152 Å². The number of allylic oxidation sites excluding steroid dienone is 1. The minimum atomic E-state index is -0.426. The number of nitrogens with one attached hydrogen (secondary N) is 2. The first-order valence-electron chi connectivity index (χ1n) is 9.23. The van der Waals surface area contributed by atoms with E-state index in [9.17, 15) is 4.79 Å². The quantitative estimate of drug-likeness (QED) is 0.872. The number of aromatic nitrogens is 1. The molecule has 1 saturated carbocycles. The average Bonchev–Trinajstić information content (AvgIpc) is 3.20. The largest absolute Gasteiger partial charge is 0.423 e. The van der Waals surface area contributed by atoms with Crippen LogP contribution in [0, 0.1) is 5.92 Å². The second kappa shape index (κ2) is 6.27. The van der Waals surface area contributed by atoms with Crippen molar-refractivity contribution in [2.45, 2.75) is 52.0 Å². The van der Waals surface area contributed by atoms with Gasteiger partial charge in [0.15, 0.2) is 11.4 Å². The van der Waals surface area contributed by atoms with Gasteiger partial charge in [0, 0.05) is 17.2 Å². The number of anilines is 1. The van der Waals surface area contributed by atoms with Crippen molar-refractivity contribution in [1.29, 1.82) is 0 Å². The monoisotopic (exact) mass is 352 g/mol. The van der Waals surface area contributed by atoms with Crippen molar-refractivity contribution in [3.63, 3.8) is 0 Å². The molecule has 0 amide bonds. The van der Waals surface area contributed by atoms with Crippen LogP contribution in [0.15, 0.2) is 44.9 Å². The molecule has 2 aromatic rings. The molecule has 1 aromatic heterocycles. The third-order valence-corrected chi connectivity index (χ3v) is 5.19. The van der Waals surface area contributed by atoms with Crippen molar-refractivity contribution in [2.75, 3.05) is 5.32 Å². The Morgan fingerprint density at radius 1 is 1.27 bits per heavy atom. The highest BCUT2D eigenvalue weighted by Crippen LogP contribution is 2.43. The number of aliphatic imine (C=N–C) groups is 1. The molecule has 0 saturated heterocycles. The molecule has 1 spiro atoms. The van der Waals surface area contributed by atoms with E-state index in [0.29, 0.717) is 12.0 Å². The van der Waals surface area contributed by atoms with E-state index in [0.717, 1.165) is 48.1 Å². The summed E-state index contributed by atoms with van der Waals surface area (Å²) in [5, 5.41) is 6.40. The van der Waals surface area contributed by atoms with Crippen LogP contribution in [-0.2, 0) is 4.79 Å². The van der Waals surface area contributed by atoms with Gasteiger partial charge in [-0.1, -0.05) is 38.8 Å². The molecule has 1 aliphatic carbocycles. The number of carbonyl (C=O) groups excluding carboxylic acids is 1. The van der Waals surface area contributed by atoms with Crippen LogP contribution < -0.4 is 10.6 Å². The van der Waals surface area contributed by atoms with Crippen molar-refractivity contribution in [3.05, 3.63) is 35.5 Å². The summed E-state index contributed by atoms with van der Waals surface area (Å²) in [6, 6.07) is 8.03. The van der Waals surface area contributed by atoms with Gasteiger partial charge in [0.25, 0.3) is 0 Å². The lowest BCUT2D eigenvalue weighted by Gasteiger charge is -2.34. The van der Waals surface area contributed by atoms with Gasteiger partial charge in [-0.15, -0.1) is 0 Å². The number of guanidine groups is 1. The zero-order valence-corrected chi connectivity index (χ0v) is 15.4. The van der Waals surface area contributed by atoms with Gasteiger partial charge in [0.2, 0.25) is 5.96 Å². The molecule has 2 aliphatic rings. The first kappa shape index (κ1) is 16.8. The first-order chi connectivity index (χ1) is 12.5. The third kappa shape index (κ3) is 2.79. The van der Waals surface area contributed by atoms with E-state index in [1.54, 1.807) is 0 Å². The van der Waals surface area contributed by atoms with Crippen molar-refractivity contribution in [1.82, 2.24) is 10.3 Å². The van der Waals surface area contributed by atoms with Crippen molar-refractivity contribution >= 4 is 28.9 Å². The summed E-state index contributed by atoms with van der Waals surface area (Å²) in [5.74, 6) is 0.735. The highest BCUT2D eigenvalue weighted by molar-refractivity contribution is 6.04. The highest BCUT2D eigenvalue weighted by Gasteiger charge is 2.44. The normalized spacial score (nSPS) is 19.2. The molecule has 4 rings (SSSR count). The van der Waals surface area contributed by atoms with Gasteiger partial charge >= 0.3 is 6.01 Å². The van der Waals surface area contributed by atoms with E-state index >= 15 is 0 Å². The molecule has 0 radical (unpaired) electrons. The lowest BCUT2D eigenvalue weighted by molar-refractivity contribution is -0.119. The molecular weight excluding hydrogens is 328 g/mol. The van der Waals surface area contributed by atoms with Crippen molar-refractivity contribution in [3.8, 4) is 0 Å². The number of hydrogen-bond acceptors (Lipinski definition) is 6. The van der Waals surface area contributed by atoms with Crippen molar-refractivity contribution in [2.24, 2.45) is 10.9 Å². The Bertz CT molecular complexity index is 884. The van der Waals surface area contributed by atoms with Crippen LogP contribution >= 0.6 is 0 Å². The van der Waals surface area contributed by atoms with Gasteiger partial charge in [-0.2, -0.15) is 4.98 Å². The van der Waals surface area contributed by atoms with Gasteiger partial charge < -0.3 is 9.73 Å². The van der Waals surface area contributed by atoms with Gasteiger partial charge in [-0.05, 0) is 31.9 Å². The summed E-state index contributed by atoms with van der Waals surface area (Å²) in [4.78, 5) is 22.2. The number of nitrogens with zero attached hydrogens (tertiary/aromatic N) is 2. The predicted molar refractivity (Wildman–Crippen MR) is 102 cm³/mol. The molecule has 26 heavy (non-hydrogen) atoms. The van der Waals surface area contributed by atoms with Gasteiger partial charge in [0.1, 0.15) is 5.52 Å². The fraction of sp³-hybridized carbons (Fsp3) is 0.450. The Hall–Kier alpha value is -2.63.